The summed E-state index contributed by atoms with van der Waals surface area (Å²) in [4.78, 5) is 27.4. The lowest BCUT2D eigenvalue weighted by molar-refractivity contribution is -0.127. The van der Waals surface area contributed by atoms with Crippen molar-refractivity contribution < 1.29 is 9.59 Å². The van der Waals surface area contributed by atoms with Crippen molar-refractivity contribution in [3.8, 4) is 0 Å². The Hall–Kier alpha value is -2.66. The zero-order valence-electron chi connectivity index (χ0n) is 15.6. The summed E-state index contributed by atoms with van der Waals surface area (Å²) in [6.07, 6.45) is 0. The Morgan fingerprint density at radius 2 is 1.65 bits per heavy atom. The van der Waals surface area contributed by atoms with Crippen LogP contribution in [0.5, 0.6) is 0 Å². The number of nitrogens with one attached hydrogen (secondary N) is 2. The third-order valence-corrected chi connectivity index (χ3v) is 4.90. The number of rotatable bonds is 4. The molecule has 2 aromatic rings. The molecular formula is C21H25N3O2. The molecule has 136 valence electrons. The Balaban J connectivity index is 1.86. The third-order valence-electron chi connectivity index (χ3n) is 4.90. The predicted molar refractivity (Wildman–Crippen MR) is 104 cm³/mol. The van der Waals surface area contributed by atoms with E-state index in [4.69, 9.17) is 0 Å². The number of fused-ring (bicyclic) bond motifs is 1. The van der Waals surface area contributed by atoms with Gasteiger partial charge in [0.05, 0.1) is 17.4 Å². The van der Waals surface area contributed by atoms with Gasteiger partial charge < -0.3 is 5.32 Å². The molecule has 1 aliphatic heterocycles. The highest BCUT2D eigenvalue weighted by molar-refractivity contribution is 6.15. The summed E-state index contributed by atoms with van der Waals surface area (Å²) in [5.74, 6) is -0.312. The van der Waals surface area contributed by atoms with E-state index in [1.807, 2.05) is 68.4 Å². The molecule has 0 unspecified atom stereocenters. The molecule has 2 N–H and O–H groups in total. The van der Waals surface area contributed by atoms with E-state index >= 15 is 0 Å². The monoisotopic (exact) mass is 351 g/mol. The molecule has 0 bridgehead atoms. The Morgan fingerprint density at radius 3 is 2.35 bits per heavy atom. The quantitative estimate of drug-likeness (QED) is 0.886. The van der Waals surface area contributed by atoms with E-state index in [1.54, 1.807) is 18.7 Å². The Morgan fingerprint density at radius 1 is 1.04 bits per heavy atom. The van der Waals surface area contributed by atoms with E-state index in [9.17, 15) is 9.59 Å². The first-order valence-corrected chi connectivity index (χ1v) is 8.88. The van der Waals surface area contributed by atoms with E-state index in [2.05, 4.69) is 10.6 Å². The molecule has 5 heteroatoms. The van der Waals surface area contributed by atoms with Gasteiger partial charge in [0.1, 0.15) is 5.54 Å². The van der Waals surface area contributed by atoms with Crippen LogP contribution in [0, 0.1) is 0 Å². The van der Waals surface area contributed by atoms with Gasteiger partial charge in [-0.25, -0.2) is 0 Å². The van der Waals surface area contributed by atoms with Gasteiger partial charge in [0.2, 0.25) is 11.8 Å². The van der Waals surface area contributed by atoms with Gasteiger partial charge >= 0.3 is 0 Å². The van der Waals surface area contributed by atoms with E-state index in [0.717, 1.165) is 11.3 Å². The summed E-state index contributed by atoms with van der Waals surface area (Å²) in [5.41, 5.74) is 1.54. The largest absolute Gasteiger partial charge is 0.322 e. The van der Waals surface area contributed by atoms with Crippen LogP contribution in [-0.2, 0) is 9.59 Å². The van der Waals surface area contributed by atoms with Gasteiger partial charge in [-0.15, -0.1) is 0 Å². The second-order valence-electron chi connectivity index (χ2n) is 7.22. The molecule has 0 saturated carbocycles. The van der Waals surface area contributed by atoms with Gasteiger partial charge in [-0.1, -0.05) is 42.5 Å². The first kappa shape index (κ1) is 18.1. The van der Waals surface area contributed by atoms with Crippen LogP contribution < -0.4 is 15.5 Å². The SMILES string of the molecule is C[C@H](N[C@H](C)c1ccccc1)C(=O)N1c2ccccc2NC(=O)C1(C)C. The van der Waals surface area contributed by atoms with E-state index in [1.165, 1.54) is 0 Å². The van der Waals surface area contributed by atoms with Crippen LogP contribution in [0.4, 0.5) is 11.4 Å². The molecule has 5 nitrogen and oxygen atoms in total. The number of nitrogens with zero attached hydrogens (tertiary/aromatic N) is 1. The van der Waals surface area contributed by atoms with Crippen molar-refractivity contribution in [3.63, 3.8) is 0 Å². The molecule has 2 aromatic carbocycles. The maximum Gasteiger partial charge on any atom is 0.250 e. The van der Waals surface area contributed by atoms with Gasteiger partial charge in [-0.05, 0) is 45.4 Å². The number of benzene rings is 2. The standard InChI is InChI=1S/C21H25N3O2/c1-14(16-10-6-5-7-11-16)22-15(2)19(25)24-18-13-9-8-12-17(18)23-20(26)21(24,3)4/h5-15,22H,1-4H3,(H,23,26)/t14-,15+/m1/s1. The van der Waals surface area contributed by atoms with Crippen LogP contribution >= 0.6 is 0 Å². The molecule has 0 fully saturated rings. The van der Waals surface area contributed by atoms with Crippen LogP contribution in [-0.4, -0.2) is 23.4 Å². The Kier molecular flexibility index (Phi) is 4.83. The van der Waals surface area contributed by atoms with Crippen molar-refractivity contribution in [3.05, 3.63) is 60.2 Å². The highest BCUT2D eigenvalue weighted by Crippen LogP contribution is 2.37. The maximum atomic E-state index is 13.3. The zero-order valence-corrected chi connectivity index (χ0v) is 15.6. The molecule has 0 aromatic heterocycles. The highest BCUT2D eigenvalue weighted by atomic mass is 16.2. The van der Waals surface area contributed by atoms with E-state index in [0.29, 0.717) is 5.69 Å². The summed E-state index contributed by atoms with van der Waals surface area (Å²) in [6.45, 7) is 7.40. The average Bonchev–Trinajstić information content (AvgIpc) is 2.62. The van der Waals surface area contributed by atoms with Crippen molar-refractivity contribution in [1.29, 1.82) is 0 Å². The highest BCUT2D eigenvalue weighted by Gasteiger charge is 2.44. The number of carbonyl (C=O) groups excluding carboxylic acids is 2. The first-order chi connectivity index (χ1) is 12.3. The fraction of sp³-hybridized carbons (Fsp3) is 0.333. The van der Waals surface area contributed by atoms with Crippen molar-refractivity contribution >= 4 is 23.2 Å². The predicted octanol–water partition coefficient (Wildman–Crippen LogP) is 3.49. The molecule has 0 spiro atoms. The topological polar surface area (TPSA) is 61.4 Å². The smallest absolute Gasteiger partial charge is 0.250 e. The summed E-state index contributed by atoms with van der Waals surface area (Å²) >= 11 is 0. The van der Waals surface area contributed by atoms with Gasteiger partial charge in [-0.2, -0.15) is 0 Å². The lowest BCUT2D eigenvalue weighted by Gasteiger charge is -2.43. The fourth-order valence-electron chi connectivity index (χ4n) is 3.32. The molecule has 2 amide bonds. The number of para-hydroxylation sites is 2. The van der Waals surface area contributed by atoms with Gasteiger partial charge in [0.15, 0.2) is 0 Å². The minimum absolute atomic E-state index is 0.0205. The molecule has 2 atom stereocenters. The lowest BCUT2D eigenvalue weighted by atomic mass is 9.95. The van der Waals surface area contributed by atoms with Crippen LogP contribution in [0.3, 0.4) is 0 Å². The Bertz CT molecular complexity index is 817. The fourth-order valence-corrected chi connectivity index (χ4v) is 3.32. The number of hydrogen-bond donors (Lipinski definition) is 2. The molecule has 1 heterocycles. The van der Waals surface area contributed by atoms with E-state index < -0.39 is 11.6 Å². The van der Waals surface area contributed by atoms with Crippen LogP contribution in [0.2, 0.25) is 0 Å². The minimum Gasteiger partial charge on any atom is -0.322 e. The third kappa shape index (κ3) is 3.22. The summed E-state index contributed by atoms with van der Waals surface area (Å²) in [7, 11) is 0. The molecule has 1 aliphatic rings. The summed E-state index contributed by atoms with van der Waals surface area (Å²) in [6, 6.07) is 17.0. The number of carbonyl (C=O) groups is 2. The minimum atomic E-state index is -0.961. The normalized spacial score (nSPS) is 17.8. The first-order valence-electron chi connectivity index (χ1n) is 8.88. The molecule has 0 saturated heterocycles. The Labute approximate surface area is 154 Å². The molecule has 3 rings (SSSR count). The van der Waals surface area contributed by atoms with Crippen molar-refractivity contribution in [2.75, 3.05) is 10.2 Å². The second-order valence-corrected chi connectivity index (χ2v) is 7.22. The van der Waals surface area contributed by atoms with E-state index in [-0.39, 0.29) is 17.9 Å². The maximum absolute atomic E-state index is 13.3. The number of anilines is 2. The lowest BCUT2D eigenvalue weighted by Crippen LogP contribution is -2.61. The second kappa shape index (κ2) is 6.92. The van der Waals surface area contributed by atoms with Crippen LogP contribution in [0.1, 0.15) is 39.3 Å². The zero-order chi connectivity index (χ0) is 18.9. The van der Waals surface area contributed by atoms with Gasteiger partial charge in [0, 0.05) is 6.04 Å². The van der Waals surface area contributed by atoms with Crippen LogP contribution in [0.25, 0.3) is 0 Å². The molecule has 26 heavy (non-hydrogen) atoms. The number of hydrogen-bond acceptors (Lipinski definition) is 3. The van der Waals surface area contributed by atoms with Gasteiger partial charge in [-0.3, -0.25) is 19.8 Å². The summed E-state index contributed by atoms with van der Waals surface area (Å²) < 4.78 is 0. The van der Waals surface area contributed by atoms with Crippen LogP contribution in [0.15, 0.2) is 54.6 Å². The van der Waals surface area contributed by atoms with Crippen molar-refractivity contribution in [2.45, 2.75) is 45.3 Å². The molecule has 0 aliphatic carbocycles. The van der Waals surface area contributed by atoms with Crippen molar-refractivity contribution in [2.24, 2.45) is 0 Å². The molecule has 0 radical (unpaired) electrons. The molecular weight excluding hydrogens is 326 g/mol. The summed E-state index contributed by atoms with van der Waals surface area (Å²) in [5, 5.41) is 6.24. The van der Waals surface area contributed by atoms with Crippen molar-refractivity contribution in [1.82, 2.24) is 5.32 Å². The number of amides is 2. The van der Waals surface area contributed by atoms with Gasteiger partial charge in [0.25, 0.3) is 0 Å². The average molecular weight is 351 g/mol.